The van der Waals surface area contributed by atoms with Crippen molar-refractivity contribution >= 4 is 0 Å². The molecule has 23 heavy (non-hydrogen) atoms. The van der Waals surface area contributed by atoms with E-state index >= 15 is 0 Å². The highest BCUT2D eigenvalue weighted by molar-refractivity contribution is 5.22. The molecule has 0 atom stereocenters. The predicted molar refractivity (Wildman–Crippen MR) is 105 cm³/mol. The van der Waals surface area contributed by atoms with E-state index in [1.165, 1.54) is 107 Å². The number of rotatable bonds is 15. The van der Waals surface area contributed by atoms with Crippen LogP contribution >= 0.6 is 0 Å². The van der Waals surface area contributed by atoms with Gasteiger partial charge in [-0.3, -0.25) is 0 Å². The maximum absolute atomic E-state index is 2.34. The van der Waals surface area contributed by atoms with Crippen molar-refractivity contribution in [1.29, 1.82) is 0 Å². The molecule has 0 bridgehead atoms. The molecule has 0 aromatic heterocycles. The lowest BCUT2D eigenvalue weighted by molar-refractivity contribution is 0.535. The average Bonchev–Trinajstić information content (AvgIpc) is 2.55. The van der Waals surface area contributed by atoms with Crippen molar-refractivity contribution in [1.82, 2.24) is 0 Å². The fourth-order valence-corrected chi connectivity index (χ4v) is 3.39. The van der Waals surface area contributed by atoms with Crippen molar-refractivity contribution in [2.45, 2.75) is 110 Å². The van der Waals surface area contributed by atoms with E-state index in [4.69, 9.17) is 0 Å². The topological polar surface area (TPSA) is 0 Å². The minimum Gasteiger partial charge on any atom is -0.0654 e. The zero-order valence-electron chi connectivity index (χ0n) is 15.9. The summed E-state index contributed by atoms with van der Waals surface area (Å²) in [6.07, 6.45) is 21.4. The quantitative estimate of drug-likeness (QED) is 0.287. The molecule has 0 nitrogen and oxygen atoms in total. The van der Waals surface area contributed by atoms with Crippen molar-refractivity contribution < 1.29 is 0 Å². The standard InChI is InChI=1S/C23H40/c1-3-4-5-6-7-8-9-10-11-12-13-14-15-16-19-23-20-17-18-22(2)21-23/h17-18,20-21H,3-16,19H2,1-2H3. The molecule has 0 aliphatic carbocycles. The van der Waals surface area contributed by atoms with Crippen LogP contribution in [0.5, 0.6) is 0 Å². The number of unbranched alkanes of at least 4 members (excludes halogenated alkanes) is 13. The van der Waals surface area contributed by atoms with Crippen LogP contribution in [-0.4, -0.2) is 0 Å². The summed E-state index contributed by atoms with van der Waals surface area (Å²) in [7, 11) is 0. The van der Waals surface area contributed by atoms with Crippen molar-refractivity contribution in [3.63, 3.8) is 0 Å². The highest BCUT2D eigenvalue weighted by Crippen LogP contribution is 2.14. The Hall–Kier alpha value is -0.780. The van der Waals surface area contributed by atoms with Crippen LogP contribution in [0.2, 0.25) is 0 Å². The summed E-state index contributed by atoms with van der Waals surface area (Å²) in [6.45, 7) is 4.48. The van der Waals surface area contributed by atoms with Gasteiger partial charge < -0.3 is 0 Å². The molecule has 0 saturated heterocycles. The number of hydrogen-bond donors (Lipinski definition) is 0. The van der Waals surface area contributed by atoms with E-state index in [0.717, 1.165) is 0 Å². The Bertz CT molecular complexity index is 366. The highest BCUT2D eigenvalue weighted by atomic mass is 14.0. The molecule has 1 rings (SSSR count). The van der Waals surface area contributed by atoms with Crippen LogP contribution in [0.15, 0.2) is 24.3 Å². The van der Waals surface area contributed by atoms with E-state index in [-0.39, 0.29) is 0 Å². The summed E-state index contributed by atoms with van der Waals surface area (Å²) >= 11 is 0. The summed E-state index contributed by atoms with van der Waals surface area (Å²) in [4.78, 5) is 0. The van der Waals surface area contributed by atoms with E-state index in [0.29, 0.717) is 0 Å². The lowest BCUT2D eigenvalue weighted by Crippen LogP contribution is -1.87. The van der Waals surface area contributed by atoms with Crippen LogP contribution in [0.3, 0.4) is 0 Å². The molecule has 0 unspecified atom stereocenters. The lowest BCUT2D eigenvalue weighted by Gasteiger charge is -2.04. The maximum Gasteiger partial charge on any atom is -0.0279 e. The molecule has 1 aromatic carbocycles. The van der Waals surface area contributed by atoms with Gasteiger partial charge >= 0.3 is 0 Å². The molecule has 0 amide bonds. The van der Waals surface area contributed by atoms with Gasteiger partial charge in [0.1, 0.15) is 0 Å². The fourth-order valence-electron chi connectivity index (χ4n) is 3.39. The first-order chi connectivity index (χ1) is 11.3. The first kappa shape index (κ1) is 20.3. The van der Waals surface area contributed by atoms with Crippen LogP contribution in [0, 0.1) is 6.92 Å². The van der Waals surface area contributed by atoms with Gasteiger partial charge in [-0.2, -0.15) is 0 Å². The monoisotopic (exact) mass is 316 g/mol. The second-order valence-electron chi connectivity index (χ2n) is 7.34. The molecule has 0 spiro atoms. The van der Waals surface area contributed by atoms with Crippen LogP contribution in [0.4, 0.5) is 0 Å². The van der Waals surface area contributed by atoms with Crippen LogP contribution in [0.1, 0.15) is 108 Å². The van der Waals surface area contributed by atoms with Gasteiger partial charge in [-0.25, -0.2) is 0 Å². The minimum atomic E-state index is 1.26. The summed E-state index contributed by atoms with van der Waals surface area (Å²) in [5.41, 5.74) is 2.91. The number of benzene rings is 1. The van der Waals surface area contributed by atoms with Crippen molar-refractivity contribution in [3.8, 4) is 0 Å². The zero-order valence-corrected chi connectivity index (χ0v) is 15.9. The van der Waals surface area contributed by atoms with Gasteiger partial charge in [0.05, 0.1) is 0 Å². The van der Waals surface area contributed by atoms with Crippen molar-refractivity contribution in [3.05, 3.63) is 35.4 Å². The van der Waals surface area contributed by atoms with Crippen LogP contribution in [-0.2, 0) is 6.42 Å². The van der Waals surface area contributed by atoms with Gasteiger partial charge in [-0.05, 0) is 25.3 Å². The van der Waals surface area contributed by atoms with Gasteiger partial charge in [0, 0.05) is 0 Å². The highest BCUT2D eigenvalue weighted by Gasteiger charge is 1.96. The molecule has 132 valence electrons. The number of hydrogen-bond acceptors (Lipinski definition) is 0. The smallest absolute Gasteiger partial charge is 0.0279 e. The second kappa shape index (κ2) is 14.8. The Labute approximate surface area is 146 Å². The van der Waals surface area contributed by atoms with Gasteiger partial charge in [0.2, 0.25) is 0 Å². The summed E-state index contributed by atoms with van der Waals surface area (Å²) < 4.78 is 0. The molecule has 0 saturated carbocycles. The van der Waals surface area contributed by atoms with Crippen LogP contribution in [0.25, 0.3) is 0 Å². The van der Waals surface area contributed by atoms with E-state index in [1.807, 2.05) is 0 Å². The van der Waals surface area contributed by atoms with Gasteiger partial charge in [-0.15, -0.1) is 0 Å². The van der Waals surface area contributed by atoms with Crippen molar-refractivity contribution in [2.75, 3.05) is 0 Å². The fraction of sp³-hybridized carbons (Fsp3) is 0.739. The normalized spacial score (nSPS) is 11.0. The largest absolute Gasteiger partial charge is 0.0654 e. The first-order valence-corrected chi connectivity index (χ1v) is 10.4. The lowest BCUT2D eigenvalue weighted by atomic mass is 10.0. The summed E-state index contributed by atoms with van der Waals surface area (Å²) in [6, 6.07) is 8.99. The molecule has 0 aliphatic rings. The predicted octanol–water partition coefficient (Wildman–Crippen LogP) is 8.02. The zero-order chi connectivity index (χ0) is 16.6. The number of aryl methyl sites for hydroxylation is 2. The van der Waals surface area contributed by atoms with Gasteiger partial charge in [-0.1, -0.05) is 120 Å². The van der Waals surface area contributed by atoms with E-state index < -0.39 is 0 Å². The van der Waals surface area contributed by atoms with Crippen LogP contribution < -0.4 is 0 Å². The molecule has 1 aromatic rings. The Morgan fingerprint density at radius 1 is 0.609 bits per heavy atom. The molecule has 0 heteroatoms. The molecule has 0 fully saturated rings. The van der Waals surface area contributed by atoms with Crippen molar-refractivity contribution in [2.24, 2.45) is 0 Å². The molecule has 0 aliphatic heterocycles. The SMILES string of the molecule is CCCCCCCCCCCCCCCCc1cccc(C)c1. The summed E-state index contributed by atoms with van der Waals surface area (Å²) in [5, 5.41) is 0. The minimum absolute atomic E-state index is 1.26. The third-order valence-electron chi connectivity index (χ3n) is 4.90. The maximum atomic E-state index is 2.34. The average molecular weight is 317 g/mol. The molecular weight excluding hydrogens is 276 g/mol. The molecular formula is C23H40. The third kappa shape index (κ3) is 12.3. The third-order valence-corrected chi connectivity index (χ3v) is 4.90. The van der Waals surface area contributed by atoms with Gasteiger partial charge in [0.15, 0.2) is 0 Å². The molecule has 0 N–H and O–H groups in total. The Morgan fingerprint density at radius 2 is 1.09 bits per heavy atom. The van der Waals surface area contributed by atoms with E-state index in [9.17, 15) is 0 Å². The Balaban J connectivity index is 1.78. The Kier molecular flexibility index (Phi) is 13.0. The summed E-state index contributed by atoms with van der Waals surface area (Å²) in [5.74, 6) is 0. The van der Waals surface area contributed by atoms with E-state index in [2.05, 4.69) is 38.1 Å². The second-order valence-corrected chi connectivity index (χ2v) is 7.34. The van der Waals surface area contributed by atoms with E-state index in [1.54, 1.807) is 0 Å². The van der Waals surface area contributed by atoms with Gasteiger partial charge in [0.25, 0.3) is 0 Å². The molecule has 0 radical (unpaired) electrons. The Morgan fingerprint density at radius 3 is 1.57 bits per heavy atom. The molecule has 0 heterocycles. The first-order valence-electron chi connectivity index (χ1n) is 10.4.